The fourth-order valence-corrected chi connectivity index (χ4v) is 2.34. The van der Waals surface area contributed by atoms with Gasteiger partial charge in [-0.15, -0.1) is 0 Å². The average molecular weight is 330 g/mol. The minimum Gasteiger partial charge on any atom is -0.394 e. The highest BCUT2D eigenvalue weighted by Gasteiger charge is 2.25. The number of nitrogens with one attached hydrogen (secondary N) is 2. The predicted octanol–water partition coefficient (Wildman–Crippen LogP) is 2.25. The van der Waals surface area contributed by atoms with Gasteiger partial charge in [-0.25, -0.2) is 4.39 Å². The molecule has 0 aromatic heterocycles. The van der Waals surface area contributed by atoms with E-state index in [0.29, 0.717) is 11.1 Å². The van der Waals surface area contributed by atoms with Gasteiger partial charge in [0, 0.05) is 6.54 Å². The van der Waals surface area contributed by atoms with Gasteiger partial charge in [0.2, 0.25) is 5.91 Å². The van der Waals surface area contributed by atoms with Gasteiger partial charge in [-0.1, -0.05) is 42.5 Å². The number of amides is 1. The summed E-state index contributed by atoms with van der Waals surface area (Å²) in [4.78, 5) is 12.0. The van der Waals surface area contributed by atoms with Crippen molar-refractivity contribution in [2.45, 2.75) is 25.9 Å². The smallest absolute Gasteiger partial charge is 0.234 e. The summed E-state index contributed by atoms with van der Waals surface area (Å²) in [6.07, 6.45) is 0. The van der Waals surface area contributed by atoms with Crippen LogP contribution in [0.25, 0.3) is 0 Å². The van der Waals surface area contributed by atoms with Crippen molar-refractivity contribution in [3.05, 3.63) is 71.0 Å². The third-order valence-electron chi connectivity index (χ3n) is 4.09. The molecule has 0 fully saturated rings. The van der Waals surface area contributed by atoms with E-state index >= 15 is 0 Å². The molecular weight excluding hydrogens is 307 g/mol. The minimum absolute atomic E-state index is 0.0559. The highest BCUT2D eigenvalue weighted by atomic mass is 19.1. The Labute approximate surface area is 141 Å². The monoisotopic (exact) mass is 330 g/mol. The molecule has 2 aromatic carbocycles. The Balaban J connectivity index is 1.89. The van der Waals surface area contributed by atoms with Crippen molar-refractivity contribution in [3.8, 4) is 0 Å². The molecule has 0 radical (unpaired) electrons. The van der Waals surface area contributed by atoms with E-state index in [4.69, 9.17) is 0 Å². The van der Waals surface area contributed by atoms with E-state index in [2.05, 4.69) is 10.6 Å². The Kier molecular flexibility index (Phi) is 6.06. The normalized spacial score (nSPS) is 13.3. The summed E-state index contributed by atoms with van der Waals surface area (Å²) in [5, 5.41) is 15.5. The van der Waals surface area contributed by atoms with Crippen LogP contribution in [0, 0.1) is 12.7 Å². The number of halogens is 1. The van der Waals surface area contributed by atoms with E-state index in [-0.39, 0.29) is 31.4 Å². The lowest BCUT2D eigenvalue weighted by molar-refractivity contribution is -0.120. The third-order valence-corrected chi connectivity index (χ3v) is 4.09. The number of rotatable bonds is 7. The highest BCUT2D eigenvalue weighted by molar-refractivity contribution is 5.78. The van der Waals surface area contributed by atoms with Crippen LogP contribution >= 0.6 is 0 Å². The van der Waals surface area contributed by atoms with Crippen LogP contribution in [0.15, 0.2) is 48.5 Å². The molecule has 2 aromatic rings. The molecule has 3 N–H and O–H groups in total. The maximum atomic E-state index is 13.5. The van der Waals surface area contributed by atoms with Crippen LogP contribution in [0.4, 0.5) is 4.39 Å². The standard InChI is InChI=1S/C19H23FN2O2/c1-14-8-9-15(10-17(14)20)11-21-18(24)12-22-19(2,13-23)16-6-4-3-5-7-16/h3-10,22-23H,11-13H2,1-2H3,(H,21,24)/t19-/m1/s1. The summed E-state index contributed by atoms with van der Waals surface area (Å²) in [5.74, 6) is -0.497. The van der Waals surface area contributed by atoms with E-state index < -0.39 is 5.54 Å². The molecule has 0 saturated heterocycles. The zero-order valence-electron chi connectivity index (χ0n) is 14.0. The molecule has 0 bridgehead atoms. The number of carbonyl (C=O) groups excluding carboxylic acids is 1. The Hall–Kier alpha value is -2.24. The number of hydrogen-bond donors (Lipinski definition) is 3. The second kappa shape index (κ2) is 8.04. The van der Waals surface area contributed by atoms with Crippen LogP contribution in [0.1, 0.15) is 23.6 Å². The zero-order chi connectivity index (χ0) is 17.6. The molecule has 0 saturated carbocycles. The van der Waals surface area contributed by atoms with Gasteiger partial charge in [-0.2, -0.15) is 0 Å². The lowest BCUT2D eigenvalue weighted by Crippen LogP contribution is -2.47. The van der Waals surface area contributed by atoms with E-state index in [9.17, 15) is 14.3 Å². The lowest BCUT2D eigenvalue weighted by Gasteiger charge is -2.29. The summed E-state index contributed by atoms with van der Waals surface area (Å²) in [6, 6.07) is 14.4. The molecule has 0 aliphatic carbocycles. The van der Waals surface area contributed by atoms with E-state index in [1.807, 2.05) is 37.3 Å². The molecule has 0 aliphatic rings. The van der Waals surface area contributed by atoms with Crippen molar-refractivity contribution in [1.29, 1.82) is 0 Å². The summed E-state index contributed by atoms with van der Waals surface area (Å²) in [6.45, 7) is 3.72. The van der Waals surface area contributed by atoms with Crippen molar-refractivity contribution in [1.82, 2.24) is 10.6 Å². The predicted molar refractivity (Wildman–Crippen MR) is 91.9 cm³/mol. The number of aryl methyl sites for hydroxylation is 1. The zero-order valence-corrected chi connectivity index (χ0v) is 14.0. The van der Waals surface area contributed by atoms with Crippen molar-refractivity contribution < 1.29 is 14.3 Å². The van der Waals surface area contributed by atoms with Crippen LogP contribution in [-0.4, -0.2) is 24.2 Å². The Morgan fingerprint density at radius 1 is 1.21 bits per heavy atom. The van der Waals surface area contributed by atoms with Crippen molar-refractivity contribution >= 4 is 5.91 Å². The molecule has 0 aliphatic heterocycles. The summed E-state index contributed by atoms with van der Waals surface area (Å²) in [5.41, 5.74) is 1.49. The Bertz CT molecular complexity index is 691. The van der Waals surface area contributed by atoms with Gasteiger partial charge in [0.25, 0.3) is 0 Å². The number of aliphatic hydroxyl groups is 1. The van der Waals surface area contributed by atoms with Crippen molar-refractivity contribution in [3.63, 3.8) is 0 Å². The Morgan fingerprint density at radius 2 is 1.92 bits per heavy atom. The Morgan fingerprint density at radius 3 is 2.54 bits per heavy atom. The SMILES string of the molecule is Cc1ccc(CNC(=O)CN[C@](C)(CO)c2ccccc2)cc1F. The topological polar surface area (TPSA) is 61.4 Å². The van der Waals surface area contributed by atoms with Gasteiger partial charge in [-0.3, -0.25) is 10.1 Å². The van der Waals surface area contributed by atoms with Crippen molar-refractivity contribution in [2.75, 3.05) is 13.2 Å². The molecule has 1 atom stereocenters. The first-order chi connectivity index (χ1) is 11.4. The maximum Gasteiger partial charge on any atom is 0.234 e. The van der Waals surface area contributed by atoms with Gasteiger partial charge in [0.05, 0.1) is 18.7 Å². The summed E-state index contributed by atoms with van der Waals surface area (Å²) in [7, 11) is 0. The van der Waals surface area contributed by atoms with Gasteiger partial charge >= 0.3 is 0 Å². The van der Waals surface area contributed by atoms with Crippen LogP contribution in [0.2, 0.25) is 0 Å². The van der Waals surface area contributed by atoms with Gasteiger partial charge < -0.3 is 10.4 Å². The van der Waals surface area contributed by atoms with Crippen molar-refractivity contribution in [2.24, 2.45) is 0 Å². The van der Waals surface area contributed by atoms with Gasteiger partial charge in [-0.05, 0) is 36.6 Å². The van der Waals surface area contributed by atoms with Crippen LogP contribution in [-0.2, 0) is 16.9 Å². The second-order valence-corrected chi connectivity index (χ2v) is 6.07. The van der Waals surface area contributed by atoms with Gasteiger partial charge in [0.1, 0.15) is 5.82 Å². The first kappa shape index (κ1) is 18.1. The van der Waals surface area contributed by atoms with Crippen LogP contribution in [0.5, 0.6) is 0 Å². The molecule has 0 unspecified atom stereocenters. The fraction of sp³-hybridized carbons (Fsp3) is 0.316. The summed E-state index contributed by atoms with van der Waals surface area (Å²) >= 11 is 0. The van der Waals surface area contributed by atoms with Gasteiger partial charge in [0.15, 0.2) is 0 Å². The van der Waals surface area contributed by atoms with Crippen LogP contribution in [0.3, 0.4) is 0 Å². The third kappa shape index (κ3) is 4.63. The van der Waals surface area contributed by atoms with Crippen LogP contribution < -0.4 is 10.6 Å². The quantitative estimate of drug-likeness (QED) is 0.730. The molecule has 5 heteroatoms. The number of benzene rings is 2. The first-order valence-electron chi connectivity index (χ1n) is 7.88. The molecule has 128 valence electrons. The average Bonchev–Trinajstić information content (AvgIpc) is 2.61. The second-order valence-electron chi connectivity index (χ2n) is 6.07. The minimum atomic E-state index is -0.700. The van der Waals surface area contributed by atoms with E-state index in [1.165, 1.54) is 6.07 Å². The van der Waals surface area contributed by atoms with E-state index in [0.717, 1.165) is 5.56 Å². The molecule has 4 nitrogen and oxygen atoms in total. The highest BCUT2D eigenvalue weighted by Crippen LogP contribution is 2.19. The number of carbonyl (C=O) groups is 1. The largest absolute Gasteiger partial charge is 0.394 e. The van der Waals surface area contributed by atoms with E-state index in [1.54, 1.807) is 19.1 Å². The maximum absolute atomic E-state index is 13.5. The molecule has 24 heavy (non-hydrogen) atoms. The molecule has 2 rings (SSSR count). The number of aliphatic hydroxyl groups excluding tert-OH is 1. The molecule has 0 spiro atoms. The lowest BCUT2D eigenvalue weighted by atomic mass is 9.93. The fourth-order valence-electron chi connectivity index (χ4n) is 2.34. The number of hydrogen-bond acceptors (Lipinski definition) is 3. The molecule has 1 amide bonds. The molecular formula is C19H23FN2O2. The molecule has 0 heterocycles. The first-order valence-corrected chi connectivity index (χ1v) is 7.88. The summed E-state index contributed by atoms with van der Waals surface area (Å²) < 4.78 is 13.5.